The Morgan fingerprint density at radius 1 is 0.846 bits per heavy atom. The molecule has 1 unspecified atom stereocenters. The van der Waals surface area contributed by atoms with E-state index in [0.29, 0.717) is 35.1 Å². The van der Waals surface area contributed by atoms with Gasteiger partial charge in [-0.25, -0.2) is 0 Å². The minimum atomic E-state index is -0.760. The SMILES string of the molecule is COc1ccc(CC(N)C(=O)Nc2cc(-c3csnc3-c3cc(OC)c(OC)c(OC)c3)ccc2OC)cc1. The molecular formula is C29H31N3O6S. The van der Waals surface area contributed by atoms with Crippen LogP contribution < -0.4 is 34.7 Å². The Bertz CT molecular complexity index is 1410. The molecule has 10 heteroatoms. The van der Waals surface area contributed by atoms with Gasteiger partial charge in [0.05, 0.1) is 53.0 Å². The van der Waals surface area contributed by atoms with Crippen LogP contribution >= 0.6 is 11.5 Å². The highest BCUT2D eigenvalue weighted by Gasteiger charge is 2.20. The first kappa shape index (κ1) is 27.7. The summed E-state index contributed by atoms with van der Waals surface area (Å²) in [5.41, 5.74) is 10.9. The molecule has 0 bridgehead atoms. The van der Waals surface area contributed by atoms with Crippen LogP contribution in [0.4, 0.5) is 5.69 Å². The van der Waals surface area contributed by atoms with Gasteiger partial charge in [0.2, 0.25) is 11.7 Å². The minimum Gasteiger partial charge on any atom is -0.497 e. The molecule has 0 aliphatic carbocycles. The van der Waals surface area contributed by atoms with Crippen LogP contribution in [0.15, 0.2) is 60.0 Å². The van der Waals surface area contributed by atoms with E-state index in [0.717, 1.165) is 33.7 Å². The van der Waals surface area contributed by atoms with E-state index >= 15 is 0 Å². The van der Waals surface area contributed by atoms with Gasteiger partial charge < -0.3 is 34.7 Å². The second kappa shape index (κ2) is 12.5. The summed E-state index contributed by atoms with van der Waals surface area (Å²) in [6.45, 7) is 0. The molecule has 0 radical (unpaired) electrons. The summed E-state index contributed by atoms with van der Waals surface area (Å²) in [4.78, 5) is 13.0. The first-order chi connectivity index (χ1) is 18.9. The van der Waals surface area contributed by atoms with Crippen molar-refractivity contribution in [2.24, 2.45) is 5.73 Å². The molecule has 4 rings (SSSR count). The number of nitrogens with one attached hydrogen (secondary N) is 1. The average molecular weight is 550 g/mol. The smallest absolute Gasteiger partial charge is 0.241 e. The highest BCUT2D eigenvalue weighted by atomic mass is 32.1. The number of rotatable bonds is 11. The fraction of sp³-hybridized carbons (Fsp3) is 0.241. The van der Waals surface area contributed by atoms with Gasteiger partial charge in [0.25, 0.3) is 0 Å². The highest BCUT2D eigenvalue weighted by Crippen LogP contribution is 2.44. The van der Waals surface area contributed by atoms with E-state index in [1.54, 1.807) is 41.6 Å². The first-order valence-electron chi connectivity index (χ1n) is 12.0. The average Bonchev–Trinajstić information content (AvgIpc) is 3.46. The van der Waals surface area contributed by atoms with Crippen molar-refractivity contribution in [2.45, 2.75) is 12.5 Å². The van der Waals surface area contributed by atoms with Gasteiger partial charge in [0.15, 0.2) is 11.5 Å². The fourth-order valence-electron chi connectivity index (χ4n) is 4.17. The zero-order chi connectivity index (χ0) is 27.9. The summed E-state index contributed by atoms with van der Waals surface area (Å²) in [5, 5.41) is 4.88. The van der Waals surface area contributed by atoms with Crippen molar-refractivity contribution < 1.29 is 28.5 Å². The van der Waals surface area contributed by atoms with Gasteiger partial charge in [-0.2, -0.15) is 4.37 Å². The molecule has 3 N–H and O–H groups in total. The van der Waals surface area contributed by atoms with Crippen molar-refractivity contribution >= 4 is 23.1 Å². The lowest BCUT2D eigenvalue weighted by Gasteiger charge is -2.16. The van der Waals surface area contributed by atoms with E-state index in [1.807, 2.05) is 53.9 Å². The summed E-state index contributed by atoms with van der Waals surface area (Å²) >= 11 is 1.32. The highest BCUT2D eigenvalue weighted by molar-refractivity contribution is 7.04. The topological polar surface area (TPSA) is 114 Å². The molecule has 0 saturated heterocycles. The monoisotopic (exact) mass is 549 g/mol. The van der Waals surface area contributed by atoms with Crippen LogP contribution in [0.2, 0.25) is 0 Å². The molecule has 39 heavy (non-hydrogen) atoms. The van der Waals surface area contributed by atoms with Gasteiger partial charge in [-0.05, 0) is 65.5 Å². The number of benzene rings is 3. The van der Waals surface area contributed by atoms with E-state index in [1.165, 1.54) is 11.5 Å². The normalized spacial score (nSPS) is 11.4. The zero-order valence-corrected chi connectivity index (χ0v) is 23.3. The molecule has 9 nitrogen and oxygen atoms in total. The third-order valence-electron chi connectivity index (χ3n) is 6.23. The largest absolute Gasteiger partial charge is 0.497 e. The van der Waals surface area contributed by atoms with Crippen molar-refractivity contribution in [3.05, 3.63) is 65.5 Å². The van der Waals surface area contributed by atoms with Crippen LogP contribution in [0.25, 0.3) is 22.4 Å². The van der Waals surface area contributed by atoms with Gasteiger partial charge in [0, 0.05) is 16.5 Å². The molecule has 0 fully saturated rings. The van der Waals surface area contributed by atoms with E-state index in [2.05, 4.69) is 9.69 Å². The van der Waals surface area contributed by atoms with E-state index in [9.17, 15) is 4.79 Å². The number of methoxy groups -OCH3 is 5. The Morgan fingerprint density at radius 2 is 1.51 bits per heavy atom. The Hall–Kier alpha value is -4.28. The lowest BCUT2D eigenvalue weighted by Crippen LogP contribution is -2.37. The number of aromatic nitrogens is 1. The molecule has 1 heterocycles. The standard InChI is InChI=1S/C29H31N3O6S/c1-34-20-9-6-17(7-10-20)12-22(30)29(33)31-23-13-18(8-11-24(23)35-2)21-16-39-32-27(21)19-14-25(36-3)28(38-5)26(15-19)37-4/h6-11,13-16,22H,12,30H2,1-5H3,(H,31,33). The molecule has 0 spiro atoms. The number of carbonyl (C=O) groups excluding carboxylic acids is 1. The maximum Gasteiger partial charge on any atom is 0.241 e. The number of nitrogens with zero attached hydrogens (tertiary/aromatic N) is 1. The number of hydrogen-bond donors (Lipinski definition) is 2. The molecular weight excluding hydrogens is 518 g/mol. The van der Waals surface area contributed by atoms with Gasteiger partial charge in [0.1, 0.15) is 11.5 Å². The summed E-state index contributed by atoms with van der Waals surface area (Å²) in [6, 6.07) is 16.0. The predicted octanol–water partition coefficient (Wildman–Crippen LogP) is 5.03. The van der Waals surface area contributed by atoms with Gasteiger partial charge in [-0.3, -0.25) is 4.79 Å². The van der Waals surface area contributed by atoms with Crippen LogP contribution in [0.3, 0.4) is 0 Å². The third kappa shape index (κ3) is 6.08. The molecule has 0 saturated carbocycles. The molecule has 4 aromatic rings. The molecule has 0 aliphatic rings. The summed E-state index contributed by atoms with van der Waals surface area (Å²) in [6.07, 6.45) is 0.373. The Kier molecular flexibility index (Phi) is 8.90. The molecule has 1 aromatic heterocycles. The van der Waals surface area contributed by atoms with Crippen molar-refractivity contribution in [1.82, 2.24) is 4.37 Å². The maximum absolute atomic E-state index is 13.0. The lowest BCUT2D eigenvalue weighted by molar-refractivity contribution is -0.117. The maximum atomic E-state index is 13.0. The second-order valence-corrected chi connectivity index (χ2v) is 9.18. The lowest BCUT2D eigenvalue weighted by atomic mass is 10.00. The number of carbonyl (C=O) groups is 1. The van der Waals surface area contributed by atoms with E-state index < -0.39 is 6.04 Å². The quantitative estimate of drug-likeness (QED) is 0.268. The van der Waals surface area contributed by atoms with Crippen molar-refractivity contribution in [2.75, 3.05) is 40.9 Å². The van der Waals surface area contributed by atoms with Gasteiger partial charge in [-0.15, -0.1) is 0 Å². The van der Waals surface area contributed by atoms with Gasteiger partial charge >= 0.3 is 0 Å². The first-order valence-corrected chi connectivity index (χ1v) is 12.9. The molecule has 204 valence electrons. The number of ether oxygens (including phenoxy) is 5. The molecule has 0 aliphatic heterocycles. The number of nitrogens with two attached hydrogens (primary N) is 1. The van der Waals surface area contributed by atoms with E-state index in [4.69, 9.17) is 29.4 Å². The number of anilines is 1. The van der Waals surface area contributed by atoms with Crippen molar-refractivity contribution in [3.8, 4) is 51.1 Å². The third-order valence-corrected chi connectivity index (χ3v) is 6.86. The summed E-state index contributed by atoms with van der Waals surface area (Å²) in [7, 11) is 7.86. The van der Waals surface area contributed by atoms with Crippen LogP contribution in [0.5, 0.6) is 28.7 Å². The Labute approximate surface area is 231 Å². The molecule has 3 aromatic carbocycles. The van der Waals surface area contributed by atoms with Crippen LogP contribution in [-0.4, -0.2) is 51.9 Å². The Balaban J connectivity index is 1.62. The predicted molar refractivity (Wildman–Crippen MR) is 152 cm³/mol. The second-order valence-electron chi connectivity index (χ2n) is 8.55. The summed E-state index contributed by atoms with van der Waals surface area (Å²) in [5.74, 6) is 2.49. The number of hydrogen-bond acceptors (Lipinski definition) is 9. The molecule has 1 atom stereocenters. The van der Waals surface area contributed by atoms with Crippen LogP contribution in [0, 0.1) is 0 Å². The summed E-state index contributed by atoms with van der Waals surface area (Å²) < 4.78 is 31.8. The van der Waals surface area contributed by atoms with Crippen molar-refractivity contribution in [1.29, 1.82) is 0 Å². The minimum absolute atomic E-state index is 0.324. The van der Waals surface area contributed by atoms with Crippen LogP contribution in [-0.2, 0) is 11.2 Å². The zero-order valence-electron chi connectivity index (χ0n) is 22.4. The van der Waals surface area contributed by atoms with Crippen LogP contribution in [0.1, 0.15) is 5.56 Å². The van der Waals surface area contributed by atoms with Gasteiger partial charge in [-0.1, -0.05) is 18.2 Å². The van der Waals surface area contributed by atoms with Crippen molar-refractivity contribution in [3.63, 3.8) is 0 Å². The fourth-order valence-corrected chi connectivity index (χ4v) is 4.89. The molecule has 1 amide bonds. The van der Waals surface area contributed by atoms with E-state index in [-0.39, 0.29) is 5.91 Å². The Morgan fingerprint density at radius 3 is 2.10 bits per heavy atom. The number of amides is 1.